The molecule has 166 valence electrons. The molecule has 4 rings (SSSR count). The molecule has 1 unspecified atom stereocenters. The minimum atomic E-state index is 0. The molecular formula is C21H31Cl2N5OS. The number of benzene rings is 1. The van der Waals surface area contributed by atoms with Crippen molar-refractivity contribution in [1.82, 2.24) is 14.8 Å². The first kappa shape index (κ1) is 25.0. The third-order valence-electron chi connectivity index (χ3n) is 5.72. The van der Waals surface area contributed by atoms with Crippen molar-refractivity contribution in [3.8, 4) is 0 Å². The number of rotatable bonds is 6. The van der Waals surface area contributed by atoms with E-state index in [1.165, 1.54) is 0 Å². The quantitative estimate of drug-likeness (QED) is 0.673. The van der Waals surface area contributed by atoms with Gasteiger partial charge in [0.25, 0.3) is 0 Å². The molecule has 1 aromatic carbocycles. The van der Waals surface area contributed by atoms with Gasteiger partial charge in [0.1, 0.15) is 10.7 Å². The molecule has 1 aromatic heterocycles. The number of para-hydroxylation sites is 2. The van der Waals surface area contributed by atoms with Gasteiger partial charge in [0, 0.05) is 51.9 Å². The minimum absolute atomic E-state index is 0. The second kappa shape index (κ2) is 11.4. The number of methoxy groups -OCH3 is 1. The van der Waals surface area contributed by atoms with Crippen molar-refractivity contribution in [3.63, 3.8) is 0 Å². The molecule has 2 aliphatic rings. The molecule has 2 aliphatic heterocycles. The highest BCUT2D eigenvalue weighted by Gasteiger charge is 2.28. The van der Waals surface area contributed by atoms with Gasteiger partial charge < -0.3 is 15.0 Å². The molecule has 0 bridgehead atoms. The highest BCUT2D eigenvalue weighted by Crippen LogP contribution is 2.37. The number of aromatic nitrogens is 1. The Hall–Kier alpha value is -1.22. The molecule has 6 nitrogen and oxygen atoms in total. The van der Waals surface area contributed by atoms with E-state index in [1.54, 1.807) is 18.4 Å². The second-order valence-corrected chi connectivity index (χ2v) is 8.60. The van der Waals surface area contributed by atoms with Gasteiger partial charge in [-0.25, -0.2) is 9.98 Å². The van der Waals surface area contributed by atoms with Crippen LogP contribution in [0, 0.1) is 5.92 Å². The van der Waals surface area contributed by atoms with Gasteiger partial charge in [0.05, 0.1) is 22.6 Å². The zero-order valence-electron chi connectivity index (χ0n) is 17.7. The normalized spacial score (nSPS) is 19.8. The monoisotopic (exact) mass is 471 g/mol. The fraction of sp³-hybridized carbons (Fsp3) is 0.524. The third-order valence-corrected chi connectivity index (χ3v) is 6.46. The highest BCUT2D eigenvalue weighted by atomic mass is 35.5. The van der Waals surface area contributed by atoms with Crippen LogP contribution in [0.4, 0.5) is 16.4 Å². The molecule has 0 amide bonds. The van der Waals surface area contributed by atoms with Crippen LogP contribution in [0.5, 0.6) is 0 Å². The van der Waals surface area contributed by atoms with E-state index >= 15 is 0 Å². The van der Waals surface area contributed by atoms with Crippen LogP contribution < -0.4 is 5.32 Å². The van der Waals surface area contributed by atoms with Crippen LogP contribution >= 0.6 is 36.2 Å². The fourth-order valence-corrected chi connectivity index (χ4v) is 4.76. The Balaban J connectivity index is 0.00000160. The lowest BCUT2D eigenvalue weighted by atomic mass is 10.0. The molecule has 1 saturated heterocycles. The van der Waals surface area contributed by atoms with Gasteiger partial charge in [-0.1, -0.05) is 19.1 Å². The summed E-state index contributed by atoms with van der Waals surface area (Å²) in [5, 5.41) is 4.60. The smallest absolute Gasteiger partial charge is 0.122 e. The minimum Gasteiger partial charge on any atom is -0.385 e. The second-order valence-electron chi connectivity index (χ2n) is 7.75. The summed E-state index contributed by atoms with van der Waals surface area (Å²) in [5.74, 6) is 0.306. The van der Waals surface area contributed by atoms with E-state index < -0.39 is 0 Å². The van der Waals surface area contributed by atoms with Crippen molar-refractivity contribution < 1.29 is 4.74 Å². The number of thiazole rings is 1. The van der Waals surface area contributed by atoms with Gasteiger partial charge in [-0.05, 0) is 25.6 Å². The Bertz CT molecular complexity index is 846. The molecule has 0 spiro atoms. The number of ether oxygens (including phenoxy) is 1. The number of nitrogens with one attached hydrogen (secondary N) is 1. The number of fused-ring (bicyclic) bond motifs is 2. The summed E-state index contributed by atoms with van der Waals surface area (Å²) in [4.78, 5) is 14.7. The number of likely N-dealkylation sites (N-methyl/N-ethyl adjacent to an activating group) is 1. The Labute approximate surface area is 195 Å². The van der Waals surface area contributed by atoms with E-state index in [0.717, 1.165) is 67.0 Å². The molecule has 3 heterocycles. The average molecular weight is 472 g/mol. The predicted octanol–water partition coefficient (Wildman–Crippen LogP) is 4.45. The van der Waals surface area contributed by atoms with Crippen molar-refractivity contribution in [3.05, 3.63) is 35.5 Å². The number of hydrogen-bond donors (Lipinski definition) is 1. The maximum Gasteiger partial charge on any atom is 0.122 e. The van der Waals surface area contributed by atoms with Crippen LogP contribution in [0.15, 0.2) is 34.8 Å². The number of halogens is 2. The molecule has 1 N–H and O–H groups in total. The summed E-state index contributed by atoms with van der Waals surface area (Å²) in [6.45, 7) is 7.36. The molecule has 0 aliphatic carbocycles. The molecule has 0 radical (unpaired) electrons. The SMILES string of the molecule is COCC[C@H]1CN(CC(C)C2=Nc3ccccc3Nc3scnc32)CCN1C.Cl.Cl. The van der Waals surface area contributed by atoms with E-state index in [-0.39, 0.29) is 24.8 Å². The Morgan fingerprint density at radius 3 is 2.87 bits per heavy atom. The molecule has 1 fully saturated rings. The van der Waals surface area contributed by atoms with Crippen LogP contribution in [0.1, 0.15) is 19.0 Å². The summed E-state index contributed by atoms with van der Waals surface area (Å²) < 4.78 is 5.30. The molecule has 30 heavy (non-hydrogen) atoms. The number of piperazine rings is 1. The van der Waals surface area contributed by atoms with Crippen molar-refractivity contribution in [2.24, 2.45) is 10.9 Å². The van der Waals surface area contributed by atoms with Crippen LogP contribution in [0.3, 0.4) is 0 Å². The topological polar surface area (TPSA) is 53.0 Å². The number of nitrogens with zero attached hydrogens (tertiary/aromatic N) is 4. The number of hydrogen-bond acceptors (Lipinski definition) is 7. The summed E-state index contributed by atoms with van der Waals surface area (Å²) in [5.41, 5.74) is 6.03. The van der Waals surface area contributed by atoms with E-state index in [9.17, 15) is 0 Å². The summed E-state index contributed by atoms with van der Waals surface area (Å²) >= 11 is 1.64. The summed E-state index contributed by atoms with van der Waals surface area (Å²) in [6.07, 6.45) is 1.08. The van der Waals surface area contributed by atoms with Crippen molar-refractivity contribution in [1.29, 1.82) is 0 Å². The van der Waals surface area contributed by atoms with Crippen molar-refractivity contribution >= 4 is 58.2 Å². The molecular weight excluding hydrogens is 441 g/mol. The van der Waals surface area contributed by atoms with Gasteiger partial charge in [0.2, 0.25) is 0 Å². The van der Waals surface area contributed by atoms with Gasteiger partial charge in [0.15, 0.2) is 0 Å². The Morgan fingerprint density at radius 1 is 1.27 bits per heavy atom. The fourth-order valence-electron chi connectivity index (χ4n) is 4.06. The van der Waals surface area contributed by atoms with Crippen LogP contribution in [0.25, 0.3) is 0 Å². The first-order chi connectivity index (χ1) is 13.7. The maximum absolute atomic E-state index is 5.30. The standard InChI is InChI=1S/C21H29N5OS.2ClH/c1-15(12-26-10-9-25(2)16(13-26)8-11-27-3)19-20-21(28-14-22-20)24-18-7-5-4-6-17(18)23-19;;/h4-7,14-16,24H,8-13H2,1-3H3;2*1H/t15?,16-;;/m0../s1. The maximum atomic E-state index is 5.30. The van der Waals surface area contributed by atoms with E-state index in [4.69, 9.17) is 9.73 Å². The summed E-state index contributed by atoms with van der Waals surface area (Å²) in [7, 11) is 4.00. The Morgan fingerprint density at radius 2 is 2.07 bits per heavy atom. The highest BCUT2D eigenvalue weighted by molar-refractivity contribution is 7.14. The average Bonchev–Trinajstić information content (AvgIpc) is 3.09. The largest absolute Gasteiger partial charge is 0.385 e. The third kappa shape index (κ3) is 5.52. The molecule has 0 saturated carbocycles. The first-order valence-electron chi connectivity index (χ1n) is 9.95. The summed E-state index contributed by atoms with van der Waals surface area (Å²) in [6, 6.07) is 8.79. The van der Waals surface area contributed by atoms with Crippen molar-refractivity contribution in [2.75, 3.05) is 52.3 Å². The van der Waals surface area contributed by atoms with Crippen LogP contribution in [0.2, 0.25) is 0 Å². The van der Waals surface area contributed by atoms with Gasteiger partial charge in [-0.15, -0.1) is 36.2 Å². The zero-order chi connectivity index (χ0) is 19.5. The van der Waals surface area contributed by atoms with E-state index in [1.807, 2.05) is 17.6 Å². The number of aliphatic imine (C=N–C) groups is 1. The van der Waals surface area contributed by atoms with E-state index in [2.05, 4.69) is 46.2 Å². The molecule has 2 aromatic rings. The van der Waals surface area contributed by atoms with Crippen molar-refractivity contribution in [2.45, 2.75) is 19.4 Å². The van der Waals surface area contributed by atoms with Crippen LogP contribution in [-0.2, 0) is 4.74 Å². The van der Waals surface area contributed by atoms with Gasteiger partial charge >= 0.3 is 0 Å². The lowest BCUT2D eigenvalue weighted by molar-refractivity contribution is 0.0673. The molecule has 9 heteroatoms. The van der Waals surface area contributed by atoms with Crippen LogP contribution in [-0.4, -0.2) is 73.5 Å². The lowest BCUT2D eigenvalue weighted by Crippen LogP contribution is -2.53. The van der Waals surface area contributed by atoms with E-state index in [0.29, 0.717) is 12.0 Å². The zero-order valence-corrected chi connectivity index (χ0v) is 20.2. The molecule has 2 atom stereocenters. The first-order valence-corrected chi connectivity index (χ1v) is 10.8. The number of anilines is 2. The lowest BCUT2D eigenvalue weighted by Gasteiger charge is -2.40. The Kier molecular flexibility index (Phi) is 9.53. The van der Waals surface area contributed by atoms with Gasteiger partial charge in [-0.2, -0.15) is 0 Å². The van der Waals surface area contributed by atoms with Gasteiger partial charge in [-0.3, -0.25) is 4.90 Å². The predicted molar refractivity (Wildman–Crippen MR) is 131 cm³/mol.